The van der Waals surface area contributed by atoms with Crippen molar-refractivity contribution in [2.45, 2.75) is 25.8 Å². The van der Waals surface area contributed by atoms with Crippen LogP contribution in [0.3, 0.4) is 0 Å². The maximum atomic E-state index is 13.4. The summed E-state index contributed by atoms with van der Waals surface area (Å²) in [5.41, 5.74) is 2.13. The van der Waals surface area contributed by atoms with Crippen molar-refractivity contribution >= 4 is 11.7 Å². The molecule has 0 bridgehead atoms. The van der Waals surface area contributed by atoms with Gasteiger partial charge in [-0.15, -0.1) is 0 Å². The van der Waals surface area contributed by atoms with Gasteiger partial charge in [-0.05, 0) is 29.7 Å². The first-order valence-corrected chi connectivity index (χ1v) is 8.61. The van der Waals surface area contributed by atoms with Gasteiger partial charge in [-0.1, -0.05) is 73.7 Å². The minimum absolute atomic E-state index is 0.0799. The summed E-state index contributed by atoms with van der Waals surface area (Å²) in [5.74, 6) is 0.592. The Morgan fingerprint density at radius 1 is 0.920 bits per heavy atom. The molecule has 0 unspecified atom stereocenters. The third-order valence-electron chi connectivity index (χ3n) is 4.28. The Morgan fingerprint density at radius 2 is 1.56 bits per heavy atom. The van der Waals surface area contributed by atoms with Gasteiger partial charge >= 0.3 is 0 Å². The minimum atomic E-state index is -0.174. The molecule has 3 rings (SSSR count). The van der Waals surface area contributed by atoms with Gasteiger partial charge in [-0.3, -0.25) is 9.69 Å². The molecule has 1 aromatic heterocycles. The quantitative estimate of drug-likeness (QED) is 0.650. The molecule has 0 spiro atoms. The van der Waals surface area contributed by atoms with E-state index in [9.17, 15) is 4.79 Å². The molecule has 0 aliphatic heterocycles. The van der Waals surface area contributed by atoms with Crippen molar-refractivity contribution in [3.63, 3.8) is 0 Å². The van der Waals surface area contributed by atoms with E-state index in [0.29, 0.717) is 12.4 Å². The van der Waals surface area contributed by atoms with Crippen molar-refractivity contribution in [2.24, 2.45) is 0 Å². The largest absolute Gasteiger partial charge is 0.292 e. The summed E-state index contributed by atoms with van der Waals surface area (Å²) in [6, 6.07) is 25.7. The van der Waals surface area contributed by atoms with Crippen LogP contribution in [0.5, 0.6) is 0 Å². The Morgan fingerprint density at radius 3 is 2.16 bits per heavy atom. The first-order chi connectivity index (χ1) is 12.3. The normalized spacial score (nSPS) is 11.7. The fourth-order valence-corrected chi connectivity index (χ4v) is 2.98. The minimum Gasteiger partial charge on any atom is -0.292 e. The molecule has 0 aliphatic carbocycles. The van der Waals surface area contributed by atoms with Crippen LogP contribution >= 0.6 is 0 Å². The van der Waals surface area contributed by atoms with E-state index >= 15 is 0 Å². The number of pyridine rings is 1. The second-order valence-corrected chi connectivity index (χ2v) is 5.97. The zero-order valence-corrected chi connectivity index (χ0v) is 14.4. The molecule has 1 atom stereocenters. The Balaban J connectivity index is 1.94. The van der Waals surface area contributed by atoms with Crippen LogP contribution in [0.2, 0.25) is 0 Å². The first-order valence-electron chi connectivity index (χ1n) is 8.61. The van der Waals surface area contributed by atoms with E-state index in [1.54, 1.807) is 11.1 Å². The van der Waals surface area contributed by atoms with Gasteiger partial charge in [-0.2, -0.15) is 0 Å². The number of hydrogen-bond donors (Lipinski definition) is 0. The molecule has 25 heavy (non-hydrogen) atoms. The van der Waals surface area contributed by atoms with Crippen LogP contribution in [0.25, 0.3) is 0 Å². The van der Waals surface area contributed by atoms with E-state index in [4.69, 9.17) is 0 Å². The third kappa shape index (κ3) is 4.13. The lowest BCUT2D eigenvalue weighted by molar-refractivity contribution is -0.120. The predicted molar refractivity (Wildman–Crippen MR) is 101 cm³/mol. The summed E-state index contributed by atoms with van der Waals surface area (Å²) in [4.78, 5) is 19.6. The molecule has 0 radical (unpaired) electrons. The lowest BCUT2D eigenvalue weighted by Gasteiger charge is -2.26. The molecular formula is C22H22N2O. The summed E-state index contributed by atoms with van der Waals surface area (Å²) >= 11 is 0. The molecule has 1 heterocycles. The SMILES string of the molecule is CC[C@@H](C(=O)N(Cc1ccccc1)c1ccccn1)c1ccccc1. The van der Waals surface area contributed by atoms with Crippen molar-refractivity contribution in [2.75, 3.05) is 4.90 Å². The number of benzene rings is 2. The number of aromatic nitrogens is 1. The summed E-state index contributed by atoms with van der Waals surface area (Å²) in [5, 5.41) is 0. The number of hydrogen-bond acceptors (Lipinski definition) is 2. The van der Waals surface area contributed by atoms with Gasteiger partial charge in [0, 0.05) is 6.20 Å². The summed E-state index contributed by atoms with van der Waals surface area (Å²) in [7, 11) is 0. The fourth-order valence-electron chi connectivity index (χ4n) is 2.98. The summed E-state index contributed by atoms with van der Waals surface area (Å²) in [6.07, 6.45) is 2.48. The van der Waals surface area contributed by atoms with Crippen LogP contribution in [-0.2, 0) is 11.3 Å². The van der Waals surface area contributed by atoms with E-state index in [1.165, 1.54) is 0 Å². The van der Waals surface area contributed by atoms with Gasteiger partial charge < -0.3 is 0 Å². The zero-order valence-electron chi connectivity index (χ0n) is 14.4. The van der Waals surface area contributed by atoms with Crippen molar-refractivity contribution in [3.8, 4) is 0 Å². The predicted octanol–water partition coefficient (Wildman–Crippen LogP) is 4.81. The Labute approximate surface area is 149 Å². The number of carbonyl (C=O) groups is 1. The molecule has 0 N–H and O–H groups in total. The van der Waals surface area contributed by atoms with Gasteiger partial charge in [0.15, 0.2) is 0 Å². The third-order valence-corrected chi connectivity index (χ3v) is 4.28. The Bertz CT molecular complexity index is 788. The second kappa shape index (κ2) is 8.25. The van der Waals surface area contributed by atoms with Crippen LogP contribution < -0.4 is 4.90 Å². The van der Waals surface area contributed by atoms with E-state index in [-0.39, 0.29) is 11.8 Å². The highest BCUT2D eigenvalue weighted by Gasteiger charge is 2.26. The summed E-state index contributed by atoms with van der Waals surface area (Å²) < 4.78 is 0. The highest BCUT2D eigenvalue weighted by atomic mass is 16.2. The van der Waals surface area contributed by atoms with Gasteiger partial charge in [0.2, 0.25) is 5.91 Å². The van der Waals surface area contributed by atoms with Gasteiger partial charge in [0.05, 0.1) is 12.5 Å². The van der Waals surface area contributed by atoms with Crippen LogP contribution in [0, 0.1) is 0 Å². The molecule has 2 aromatic carbocycles. The lowest BCUT2D eigenvalue weighted by atomic mass is 9.94. The van der Waals surface area contributed by atoms with Crippen LogP contribution in [0.15, 0.2) is 85.1 Å². The number of amides is 1. The molecular weight excluding hydrogens is 308 g/mol. The van der Waals surface area contributed by atoms with Crippen molar-refractivity contribution < 1.29 is 4.79 Å². The number of nitrogens with zero attached hydrogens (tertiary/aromatic N) is 2. The first kappa shape index (κ1) is 16.9. The maximum Gasteiger partial charge on any atom is 0.235 e. The van der Waals surface area contributed by atoms with E-state index in [2.05, 4.69) is 11.9 Å². The van der Waals surface area contributed by atoms with E-state index in [0.717, 1.165) is 17.5 Å². The zero-order chi connectivity index (χ0) is 17.5. The molecule has 0 saturated carbocycles. The fraction of sp³-hybridized carbons (Fsp3) is 0.182. The maximum absolute atomic E-state index is 13.4. The van der Waals surface area contributed by atoms with Crippen molar-refractivity contribution in [1.29, 1.82) is 0 Å². The molecule has 1 amide bonds. The molecule has 0 saturated heterocycles. The molecule has 0 fully saturated rings. The number of anilines is 1. The standard InChI is InChI=1S/C22H22N2O/c1-2-20(19-13-7-4-8-14-19)22(25)24(21-15-9-10-16-23-21)17-18-11-5-3-6-12-18/h3-16,20H,2,17H2,1H3/t20-/m1/s1. The second-order valence-electron chi connectivity index (χ2n) is 5.97. The van der Waals surface area contributed by atoms with E-state index in [1.807, 2.05) is 78.9 Å². The van der Waals surface area contributed by atoms with Crippen LogP contribution in [-0.4, -0.2) is 10.9 Å². The average Bonchev–Trinajstić information content (AvgIpc) is 2.69. The van der Waals surface area contributed by atoms with Crippen molar-refractivity contribution in [3.05, 3.63) is 96.2 Å². The molecule has 3 aromatic rings. The van der Waals surface area contributed by atoms with Crippen molar-refractivity contribution in [1.82, 2.24) is 4.98 Å². The van der Waals surface area contributed by atoms with Crippen LogP contribution in [0.1, 0.15) is 30.4 Å². The Kier molecular flexibility index (Phi) is 5.57. The number of rotatable bonds is 6. The highest BCUT2D eigenvalue weighted by molar-refractivity contribution is 5.97. The molecule has 3 nitrogen and oxygen atoms in total. The highest BCUT2D eigenvalue weighted by Crippen LogP contribution is 2.25. The molecule has 126 valence electrons. The van der Waals surface area contributed by atoms with Gasteiger partial charge in [0.1, 0.15) is 5.82 Å². The van der Waals surface area contributed by atoms with E-state index < -0.39 is 0 Å². The molecule has 3 heteroatoms. The lowest BCUT2D eigenvalue weighted by Crippen LogP contribution is -2.35. The smallest absolute Gasteiger partial charge is 0.235 e. The number of carbonyl (C=O) groups excluding carboxylic acids is 1. The van der Waals surface area contributed by atoms with Gasteiger partial charge in [-0.25, -0.2) is 4.98 Å². The topological polar surface area (TPSA) is 33.2 Å². The Hall–Kier alpha value is -2.94. The monoisotopic (exact) mass is 330 g/mol. The molecule has 0 aliphatic rings. The summed E-state index contributed by atoms with van der Waals surface area (Å²) in [6.45, 7) is 2.56. The van der Waals surface area contributed by atoms with Crippen LogP contribution in [0.4, 0.5) is 5.82 Å². The van der Waals surface area contributed by atoms with Gasteiger partial charge in [0.25, 0.3) is 0 Å². The average molecular weight is 330 g/mol.